The van der Waals surface area contributed by atoms with Gasteiger partial charge in [-0.1, -0.05) is 29.8 Å². The molecule has 4 rings (SSSR count). The van der Waals surface area contributed by atoms with Crippen molar-refractivity contribution in [2.45, 2.75) is 25.4 Å². The quantitative estimate of drug-likeness (QED) is 0.852. The highest BCUT2D eigenvalue weighted by Crippen LogP contribution is 2.40. The van der Waals surface area contributed by atoms with Crippen molar-refractivity contribution in [1.29, 1.82) is 0 Å². The third-order valence-corrected chi connectivity index (χ3v) is 6.43. The fraction of sp³-hybridized carbons (Fsp3) is 0.450. The van der Waals surface area contributed by atoms with E-state index in [4.69, 9.17) is 17.3 Å². The Morgan fingerprint density at radius 1 is 1.25 bits per heavy atom. The van der Waals surface area contributed by atoms with Gasteiger partial charge in [-0.2, -0.15) is 9.78 Å². The van der Waals surface area contributed by atoms with Gasteiger partial charge < -0.3 is 10.6 Å². The van der Waals surface area contributed by atoms with Crippen LogP contribution in [-0.2, 0) is 6.54 Å². The molecule has 1 aliphatic heterocycles. The van der Waals surface area contributed by atoms with Crippen LogP contribution < -0.4 is 5.73 Å². The van der Waals surface area contributed by atoms with Crippen molar-refractivity contribution < 1.29 is 9.59 Å². The number of aromatic nitrogens is 2. The van der Waals surface area contributed by atoms with Gasteiger partial charge >= 0.3 is 6.03 Å². The van der Waals surface area contributed by atoms with Crippen LogP contribution in [0.15, 0.2) is 36.7 Å². The minimum atomic E-state index is -0.582. The number of hydrogen-bond donors (Lipinski definition) is 1. The molecule has 1 unspecified atom stereocenters. The van der Waals surface area contributed by atoms with Gasteiger partial charge in [0.1, 0.15) is 0 Å². The topological polar surface area (TPSA) is 84.5 Å². The maximum absolute atomic E-state index is 12.7. The first-order valence-electron chi connectivity index (χ1n) is 9.49. The number of fused-ring (bicyclic) bond motifs is 1. The van der Waals surface area contributed by atoms with Crippen molar-refractivity contribution in [3.05, 3.63) is 52.8 Å². The molecule has 1 aliphatic carbocycles. The minimum absolute atomic E-state index is 0.192. The first kappa shape index (κ1) is 19.0. The SMILES string of the molecule is CN(Cc1ccccc1Cl)C1C[C@@H]2CN(C(=O)n3cc(C(N)=O)cn3)C[C@@H]2C1. The summed E-state index contributed by atoms with van der Waals surface area (Å²) in [5, 5.41) is 4.78. The van der Waals surface area contributed by atoms with E-state index in [0.29, 0.717) is 17.9 Å². The molecule has 1 saturated heterocycles. The van der Waals surface area contributed by atoms with Crippen LogP contribution in [0.1, 0.15) is 28.8 Å². The molecule has 1 aromatic carbocycles. The van der Waals surface area contributed by atoms with Crippen LogP contribution in [0, 0.1) is 11.8 Å². The van der Waals surface area contributed by atoms with Gasteiger partial charge in [0.05, 0.1) is 11.8 Å². The molecular weight excluding hydrogens is 378 g/mol. The van der Waals surface area contributed by atoms with Crippen molar-refractivity contribution in [3.63, 3.8) is 0 Å². The zero-order valence-electron chi connectivity index (χ0n) is 15.8. The zero-order chi connectivity index (χ0) is 19.8. The Morgan fingerprint density at radius 2 is 1.93 bits per heavy atom. The summed E-state index contributed by atoms with van der Waals surface area (Å²) in [5.41, 5.74) is 6.62. The van der Waals surface area contributed by atoms with Gasteiger partial charge in [-0.05, 0) is 43.4 Å². The standard InChI is InChI=1S/C20H24ClN5O2/c1-24(9-13-4-2-3-5-18(13)21)17-6-14-10-25(11-15(14)7-17)20(28)26-12-16(8-23-26)19(22)27/h2-5,8,12,14-15,17H,6-7,9-11H2,1H3,(H2,22,27)/t14-,15+,17?. The summed E-state index contributed by atoms with van der Waals surface area (Å²) in [7, 11) is 2.15. The van der Waals surface area contributed by atoms with Gasteiger partial charge in [0, 0.05) is 36.9 Å². The molecule has 7 nitrogen and oxygen atoms in total. The monoisotopic (exact) mass is 401 g/mol. The number of nitrogens with two attached hydrogens (primary N) is 1. The van der Waals surface area contributed by atoms with E-state index in [0.717, 1.165) is 43.1 Å². The van der Waals surface area contributed by atoms with Crippen LogP contribution >= 0.6 is 11.6 Å². The normalized spacial score (nSPS) is 24.0. The van der Waals surface area contributed by atoms with Crippen LogP contribution in [0.4, 0.5) is 4.79 Å². The second kappa shape index (κ2) is 7.56. The fourth-order valence-corrected chi connectivity index (χ4v) is 4.70. The lowest BCUT2D eigenvalue weighted by Gasteiger charge is -2.26. The Kier molecular flexibility index (Phi) is 5.12. The van der Waals surface area contributed by atoms with Crippen LogP contribution in [0.25, 0.3) is 0 Å². The number of halogens is 1. The van der Waals surface area contributed by atoms with E-state index in [9.17, 15) is 9.59 Å². The molecule has 1 aromatic heterocycles. The van der Waals surface area contributed by atoms with Gasteiger partial charge in [0.15, 0.2) is 0 Å². The molecule has 0 bridgehead atoms. The molecule has 148 valence electrons. The van der Waals surface area contributed by atoms with E-state index in [1.165, 1.54) is 17.1 Å². The average Bonchev–Trinajstić information content (AvgIpc) is 3.37. The second-order valence-corrected chi connectivity index (χ2v) is 8.28. The number of primary amides is 1. The highest BCUT2D eigenvalue weighted by molar-refractivity contribution is 6.31. The molecule has 2 N–H and O–H groups in total. The van der Waals surface area contributed by atoms with Crippen LogP contribution in [0.2, 0.25) is 5.02 Å². The zero-order valence-corrected chi connectivity index (χ0v) is 16.5. The van der Waals surface area contributed by atoms with E-state index in [2.05, 4.69) is 23.1 Å². The van der Waals surface area contributed by atoms with Crippen molar-refractivity contribution in [1.82, 2.24) is 19.6 Å². The molecule has 2 heterocycles. The molecule has 28 heavy (non-hydrogen) atoms. The summed E-state index contributed by atoms with van der Waals surface area (Å²) in [6, 6.07) is 8.26. The minimum Gasteiger partial charge on any atom is -0.366 e. The summed E-state index contributed by atoms with van der Waals surface area (Å²) in [6.45, 7) is 2.28. The Hall–Kier alpha value is -2.38. The summed E-state index contributed by atoms with van der Waals surface area (Å²) < 4.78 is 1.21. The molecule has 3 atom stereocenters. The number of rotatable bonds is 4. The predicted octanol–water partition coefficient (Wildman–Crippen LogP) is 2.45. The fourth-order valence-electron chi connectivity index (χ4n) is 4.51. The summed E-state index contributed by atoms with van der Waals surface area (Å²) in [4.78, 5) is 28.1. The molecule has 8 heteroatoms. The molecule has 1 saturated carbocycles. The number of nitrogens with zero attached hydrogens (tertiary/aromatic N) is 4. The highest BCUT2D eigenvalue weighted by atomic mass is 35.5. The molecule has 0 radical (unpaired) electrons. The summed E-state index contributed by atoms with van der Waals surface area (Å²) in [6.07, 6.45) is 4.87. The van der Waals surface area contributed by atoms with Gasteiger partial charge in [0.2, 0.25) is 0 Å². The first-order valence-corrected chi connectivity index (χ1v) is 9.87. The third-order valence-electron chi connectivity index (χ3n) is 6.06. The molecule has 0 spiro atoms. The van der Waals surface area contributed by atoms with Gasteiger partial charge in [-0.3, -0.25) is 9.69 Å². The van der Waals surface area contributed by atoms with Crippen molar-refractivity contribution in [2.75, 3.05) is 20.1 Å². The first-order chi connectivity index (χ1) is 13.4. The Bertz CT molecular complexity index is 884. The van der Waals surface area contributed by atoms with E-state index in [1.54, 1.807) is 0 Å². The Labute approximate surface area is 169 Å². The maximum atomic E-state index is 12.7. The van der Waals surface area contributed by atoms with Gasteiger partial charge in [-0.15, -0.1) is 0 Å². The maximum Gasteiger partial charge on any atom is 0.344 e. The number of carbonyl (C=O) groups is 2. The molecule has 2 aromatic rings. The van der Waals surface area contributed by atoms with Crippen LogP contribution in [-0.4, -0.2) is 57.7 Å². The lowest BCUT2D eigenvalue weighted by molar-refractivity contribution is 0.100. The van der Waals surface area contributed by atoms with Crippen LogP contribution in [0.3, 0.4) is 0 Å². The molecular formula is C20H24ClN5O2. The highest BCUT2D eigenvalue weighted by Gasteiger charge is 2.43. The number of benzene rings is 1. The smallest absolute Gasteiger partial charge is 0.344 e. The van der Waals surface area contributed by atoms with E-state index in [-0.39, 0.29) is 11.6 Å². The number of likely N-dealkylation sites (tertiary alicyclic amines) is 1. The van der Waals surface area contributed by atoms with Crippen molar-refractivity contribution >= 4 is 23.5 Å². The Morgan fingerprint density at radius 3 is 2.54 bits per heavy atom. The molecule has 2 amide bonds. The number of amides is 2. The number of carbonyl (C=O) groups excluding carboxylic acids is 2. The predicted molar refractivity (Wildman–Crippen MR) is 106 cm³/mol. The third kappa shape index (κ3) is 3.64. The lowest BCUT2D eigenvalue weighted by Crippen LogP contribution is -2.36. The van der Waals surface area contributed by atoms with Crippen LogP contribution in [0.5, 0.6) is 0 Å². The van der Waals surface area contributed by atoms with E-state index >= 15 is 0 Å². The summed E-state index contributed by atoms with van der Waals surface area (Å²) in [5.74, 6) is 0.407. The van der Waals surface area contributed by atoms with Crippen molar-refractivity contribution in [3.8, 4) is 0 Å². The van der Waals surface area contributed by atoms with Gasteiger partial charge in [0.25, 0.3) is 5.91 Å². The molecule has 2 fully saturated rings. The largest absolute Gasteiger partial charge is 0.366 e. The Balaban J connectivity index is 1.34. The second-order valence-electron chi connectivity index (χ2n) is 7.88. The average molecular weight is 402 g/mol. The van der Waals surface area contributed by atoms with Crippen molar-refractivity contribution in [2.24, 2.45) is 17.6 Å². The number of hydrogen-bond acceptors (Lipinski definition) is 4. The summed E-state index contributed by atoms with van der Waals surface area (Å²) >= 11 is 6.30. The van der Waals surface area contributed by atoms with E-state index in [1.807, 2.05) is 23.1 Å². The lowest BCUT2D eigenvalue weighted by atomic mass is 10.0. The van der Waals surface area contributed by atoms with E-state index < -0.39 is 5.91 Å². The molecule has 2 aliphatic rings. The van der Waals surface area contributed by atoms with Gasteiger partial charge in [-0.25, -0.2) is 4.79 Å².